The Hall–Kier alpha value is -0.120. The fraction of sp³-hybridized carbons (Fsp3) is 1.00. The van der Waals surface area contributed by atoms with Crippen molar-refractivity contribution in [2.75, 3.05) is 39.8 Å². The van der Waals surface area contributed by atoms with Crippen molar-refractivity contribution >= 4 is 0 Å². The van der Waals surface area contributed by atoms with Gasteiger partial charge in [0.25, 0.3) is 0 Å². The van der Waals surface area contributed by atoms with E-state index in [9.17, 15) is 0 Å². The molecule has 0 atom stereocenters. The molecule has 0 heterocycles. The highest BCUT2D eigenvalue weighted by atomic mass is 15.2. The van der Waals surface area contributed by atoms with E-state index < -0.39 is 0 Å². The molecule has 0 aromatic heterocycles. The van der Waals surface area contributed by atoms with Crippen LogP contribution in [0.1, 0.15) is 52.9 Å². The van der Waals surface area contributed by atoms with E-state index in [0.717, 1.165) is 32.1 Å². The predicted octanol–water partition coefficient (Wildman–Crippen LogP) is 2.56. The summed E-state index contributed by atoms with van der Waals surface area (Å²) >= 11 is 0. The fourth-order valence-corrected chi connectivity index (χ4v) is 3.43. The molecule has 1 aliphatic rings. The van der Waals surface area contributed by atoms with E-state index in [1.165, 1.54) is 38.6 Å². The van der Waals surface area contributed by atoms with Crippen LogP contribution in [0.2, 0.25) is 0 Å². The van der Waals surface area contributed by atoms with E-state index >= 15 is 0 Å². The zero-order chi connectivity index (χ0) is 14.3. The van der Waals surface area contributed by atoms with Crippen LogP contribution in [0.4, 0.5) is 0 Å². The molecule has 0 aromatic rings. The molecule has 0 radical (unpaired) electrons. The van der Waals surface area contributed by atoms with Gasteiger partial charge in [0.2, 0.25) is 0 Å². The first-order chi connectivity index (χ1) is 9.11. The predicted molar refractivity (Wildman–Crippen MR) is 84.5 cm³/mol. The summed E-state index contributed by atoms with van der Waals surface area (Å²) in [6.45, 7) is 12.2. The Kier molecular flexibility index (Phi) is 7.33. The van der Waals surface area contributed by atoms with Crippen molar-refractivity contribution in [2.24, 2.45) is 11.7 Å². The van der Waals surface area contributed by atoms with E-state index in [4.69, 9.17) is 5.73 Å². The lowest BCUT2D eigenvalue weighted by atomic mass is 9.74. The molecule has 0 aromatic carbocycles. The van der Waals surface area contributed by atoms with Gasteiger partial charge in [-0.15, -0.1) is 0 Å². The molecular formula is C16H35N3. The third-order valence-electron chi connectivity index (χ3n) is 5.45. The maximum absolute atomic E-state index is 6.14. The van der Waals surface area contributed by atoms with Crippen LogP contribution < -0.4 is 5.73 Å². The third-order valence-corrected chi connectivity index (χ3v) is 5.45. The molecule has 1 fully saturated rings. The van der Waals surface area contributed by atoms with Crippen molar-refractivity contribution in [1.29, 1.82) is 0 Å². The molecule has 0 unspecified atom stereocenters. The Balaban J connectivity index is 2.49. The van der Waals surface area contributed by atoms with E-state index in [2.05, 4.69) is 37.6 Å². The Morgan fingerprint density at radius 2 is 1.63 bits per heavy atom. The van der Waals surface area contributed by atoms with Gasteiger partial charge in [-0.2, -0.15) is 0 Å². The summed E-state index contributed by atoms with van der Waals surface area (Å²) in [5.74, 6) is 0.941. The minimum atomic E-state index is 0.277. The monoisotopic (exact) mass is 269 g/mol. The average Bonchev–Trinajstić information content (AvgIpc) is 2.48. The quantitative estimate of drug-likeness (QED) is 0.735. The summed E-state index contributed by atoms with van der Waals surface area (Å²) in [6, 6.07) is 0. The van der Waals surface area contributed by atoms with Crippen molar-refractivity contribution in [3.8, 4) is 0 Å². The molecule has 0 bridgehead atoms. The fourth-order valence-electron chi connectivity index (χ4n) is 3.43. The maximum Gasteiger partial charge on any atom is 0.0329 e. The van der Waals surface area contributed by atoms with Crippen LogP contribution in [0.3, 0.4) is 0 Å². The molecule has 0 spiro atoms. The van der Waals surface area contributed by atoms with Crippen LogP contribution in [-0.2, 0) is 0 Å². The molecule has 19 heavy (non-hydrogen) atoms. The number of hydrogen-bond acceptors (Lipinski definition) is 3. The van der Waals surface area contributed by atoms with E-state index in [1.54, 1.807) is 0 Å². The highest BCUT2D eigenvalue weighted by Crippen LogP contribution is 2.36. The molecule has 1 saturated carbocycles. The standard InChI is InChI=1S/C16H35N3/c1-5-15-8-10-16(14-17,11-9-15)18(4)12-13-19(6-2)7-3/h15H,5-14,17H2,1-4H3. The summed E-state index contributed by atoms with van der Waals surface area (Å²) < 4.78 is 0. The Bertz CT molecular complexity index is 230. The van der Waals surface area contributed by atoms with Gasteiger partial charge in [0.05, 0.1) is 0 Å². The lowest BCUT2D eigenvalue weighted by molar-refractivity contribution is 0.0561. The normalized spacial score (nSPS) is 28.3. The Morgan fingerprint density at radius 3 is 2.05 bits per heavy atom. The van der Waals surface area contributed by atoms with Crippen LogP contribution in [0.25, 0.3) is 0 Å². The second kappa shape index (κ2) is 8.23. The van der Waals surface area contributed by atoms with Gasteiger partial charge < -0.3 is 10.6 Å². The first kappa shape index (κ1) is 16.9. The molecule has 0 aliphatic heterocycles. The van der Waals surface area contributed by atoms with Crippen molar-refractivity contribution in [3.05, 3.63) is 0 Å². The van der Waals surface area contributed by atoms with Gasteiger partial charge in [0.1, 0.15) is 0 Å². The van der Waals surface area contributed by atoms with Crippen molar-refractivity contribution in [2.45, 2.75) is 58.4 Å². The summed E-state index contributed by atoms with van der Waals surface area (Å²) in [7, 11) is 2.28. The summed E-state index contributed by atoms with van der Waals surface area (Å²) in [6.07, 6.45) is 6.64. The lowest BCUT2D eigenvalue weighted by Crippen LogP contribution is -2.55. The van der Waals surface area contributed by atoms with Gasteiger partial charge in [-0.25, -0.2) is 0 Å². The van der Waals surface area contributed by atoms with E-state index in [1.807, 2.05) is 0 Å². The molecular weight excluding hydrogens is 234 g/mol. The number of likely N-dealkylation sites (N-methyl/N-ethyl adjacent to an activating group) is 2. The first-order valence-corrected chi connectivity index (χ1v) is 8.25. The lowest BCUT2D eigenvalue weighted by Gasteiger charge is -2.46. The summed E-state index contributed by atoms with van der Waals surface area (Å²) in [4.78, 5) is 5.05. The second-order valence-electron chi connectivity index (χ2n) is 6.23. The SMILES string of the molecule is CCC1CCC(CN)(N(C)CCN(CC)CC)CC1. The van der Waals surface area contributed by atoms with Crippen LogP contribution in [-0.4, -0.2) is 55.1 Å². The second-order valence-corrected chi connectivity index (χ2v) is 6.23. The number of nitrogens with two attached hydrogens (primary N) is 1. The van der Waals surface area contributed by atoms with Gasteiger partial charge >= 0.3 is 0 Å². The van der Waals surface area contributed by atoms with Gasteiger partial charge in [-0.1, -0.05) is 27.2 Å². The van der Waals surface area contributed by atoms with Crippen molar-refractivity contribution < 1.29 is 0 Å². The highest BCUT2D eigenvalue weighted by Gasteiger charge is 2.36. The van der Waals surface area contributed by atoms with E-state index in [-0.39, 0.29) is 5.54 Å². The molecule has 0 saturated heterocycles. The number of hydrogen-bond donors (Lipinski definition) is 1. The molecule has 2 N–H and O–H groups in total. The molecule has 1 rings (SSSR count). The van der Waals surface area contributed by atoms with Crippen molar-refractivity contribution in [3.63, 3.8) is 0 Å². The van der Waals surface area contributed by atoms with Gasteiger partial charge in [-0.3, -0.25) is 4.90 Å². The molecule has 114 valence electrons. The van der Waals surface area contributed by atoms with E-state index in [0.29, 0.717) is 0 Å². The first-order valence-electron chi connectivity index (χ1n) is 8.25. The maximum atomic E-state index is 6.14. The minimum Gasteiger partial charge on any atom is -0.329 e. The molecule has 0 amide bonds. The zero-order valence-electron chi connectivity index (χ0n) is 13.6. The van der Waals surface area contributed by atoms with Crippen LogP contribution in [0.5, 0.6) is 0 Å². The Morgan fingerprint density at radius 1 is 1.05 bits per heavy atom. The highest BCUT2D eigenvalue weighted by molar-refractivity contribution is 4.94. The number of nitrogens with zero attached hydrogens (tertiary/aromatic N) is 2. The molecule has 3 heteroatoms. The van der Waals surface area contributed by atoms with Gasteiger partial charge in [0.15, 0.2) is 0 Å². The van der Waals surface area contributed by atoms with Crippen LogP contribution >= 0.6 is 0 Å². The third kappa shape index (κ3) is 4.44. The van der Waals surface area contributed by atoms with Crippen molar-refractivity contribution in [1.82, 2.24) is 9.80 Å². The topological polar surface area (TPSA) is 32.5 Å². The zero-order valence-corrected chi connectivity index (χ0v) is 13.6. The summed E-state index contributed by atoms with van der Waals surface area (Å²) in [5.41, 5.74) is 6.42. The van der Waals surface area contributed by atoms with Crippen LogP contribution in [0, 0.1) is 5.92 Å². The average molecular weight is 269 g/mol. The van der Waals surface area contributed by atoms with Crippen LogP contribution in [0.15, 0.2) is 0 Å². The Labute approximate surface area is 120 Å². The minimum absolute atomic E-state index is 0.277. The smallest absolute Gasteiger partial charge is 0.0329 e. The number of rotatable bonds is 8. The molecule has 3 nitrogen and oxygen atoms in total. The largest absolute Gasteiger partial charge is 0.329 e. The molecule has 1 aliphatic carbocycles. The summed E-state index contributed by atoms with van der Waals surface area (Å²) in [5, 5.41) is 0. The van der Waals surface area contributed by atoms with Gasteiger partial charge in [0, 0.05) is 25.2 Å². The van der Waals surface area contributed by atoms with Gasteiger partial charge in [-0.05, 0) is 51.7 Å².